The van der Waals surface area contributed by atoms with E-state index in [2.05, 4.69) is 10.6 Å². The first-order valence-corrected chi connectivity index (χ1v) is 17.1. The molecule has 3 aromatic rings. The van der Waals surface area contributed by atoms with Crippen LogP contribution in [0.1, 0.15) is 50.7 Å². The fourth-order valence-electron chi connectivity index (χ4n) is 6.65. The van der Waals surface area contributed by atoms with Crippen molar-refractivity contribution >= 4 is 60.2 Å². The van der Waals surface area contributed by atoms with Crippen LogP contribution in [0.15, 0.2) is 36.4 Å². The van der Waals surface area contributed by atoms with E-state index in [1.54, 1.807) is 0 Å². The zero-order valence-electron chi connectivity index (χ0n) is 27.8. The van der Waals surface area contributed by atoms with Gasteiger partial charge in [-0.1, -0.05) is 29.3 Å². The summed E-state index contributed by atoms with van der Waals surface area (Å²) in [7, 11) is -1.94. The molecule has 0 radical (unpaired) electrons. The van der Waals surface area contributed by atoms with E-state index in [1.165, 1.54) is 34.1 Å². The van der Waals surface area contributed by atoms with Crippen molar-refractivity contribution in [3.63, 3.8) is 0 Å². The first-order valence-electron chi connectivity index (χ1n) is 16.3. The highest BCUT2D eigenvalue weighted by Crippen LogP contribution is 2.41. The fourth-order valence-corrected chi connectivity index (χ4v) is 7.10. The van der Waals surface area contributed by atoms with E-state index in [1.807, 2.05) is 0 Å². The van der Waals surface area contributed by atoms with Gasteiger partial charge in [0, 0.05) is 37.8 Å². The molecule has 54 heavy (non-hydrogen) atoms. The van der Waals surface area contributed by atoms with Gasteiger partial charge in [-0.3, -0.25) is 9.59 Å². The van der Waals surface area contributed by atoms with Gasteiger partial charge in [0.05, 0.1) is 21.5 Å². The van der Waals surface area contributed by atoms with Crippen LogP contribution in [0.5, 0.6) is 23.0 Å². The molecular formula is C33H30BCl2F2N5O11. The van der Waals surface area contributed by atoms with Gasteiger partial charge in [-0.15, -0.1) is 0 Å². The SMILES string of the molecule is O=C(O)c1c(F)ccc2c1OB(O)C(NC(=O)C(NC(=O)N1CCN(C3CCN(C(=O)c4cc(O)ccc4Cl)CC3)C1=O)c1cc(F)c(O)c(O)c1Cl)C2. The molecular weight excluding hydrogens is 762 g/mol. The summed E-state index contributed by atoms with van der Waals surface area (Å²) >= 11 is 12.3. The molecule has 0 aromatic heterocycles. The number of nitrogens with zero attached hydrogens (tertiary/aromatic N) is 3. The number of benzene rings is 3. The van der Waals surface area contributed by atoms with Crippen LogP contribution in [0.2, 0.25) is 10.0 Å². The van der Waals surface area contributed by atoms with Crippen LogP contribution in [0.4, 0.5) is 18.4 Å². The molecule has 2 fully saturated rings. The molecule has 0 saturated carbocycles. The lowest BCUT2D eigenvalue weighted by Gasteiger charge is -2.36. The minimum Gasteiger partial charge on any atom is -0.534 e. The second-order valence-corrected chi connectivity index (χ2v) is 13.5. The summed E-state index contributed by atoms with van der Waals surface area (Å²) in [6.07, 6.45) is 0.383. The summed E-state index contributed by atoms with van der Waals surface area (Å²) in [4.78, 5) is 69.4. The zero-order valence-corrected chi connectivity index (χ0v) is 29.3. The van der Waals surface area contributed by atoms with Crippen LogP contribution >= 0.6 is 23.2 Å². The Labute approximate surface area is 314 Å². The maximum Gasteiger partial charge on any atom is 0.547 e. The van der Waals surface area contributed by atoms with Crippen LogP contribution < -0.4 is 15.3 Å². The number of fused-ring (bicyclic) bond motifs is 1. The first kappa shape index (κ1) is 38.2. The highest BCUT2D eigenvalue weighted by Gasteiger charge is 2.43. The molecule has 3 aliphatic rings. The number of imide groups is 1. The van der Waals surface area contributed by atoms with E-state index in [9.17, 15) is 58.2 Å². The lowest BCUT2D eigenvalue weighted by Crippen LogP contribution is -2.56. The number of urea groups is 2. The number of carboxylic acids is 1. The van der Waals surface area contributed by atoms with Crippen molar-refractivity contribution in [3.05, 3.63) is 80.3 Å². The number of nitrogens with one attached hydrogen (secondary N) is 2. The Morgan fingerprint density at radius 3 is 2.33 bits per heavy atom. The number of hydrogen-bond donors (Lipinski definition) is 7. The Morgan fingerprint density at radius 1 is 0.944 bits per heavy atom. The summed E-state index contributed by atoms with van der Waals surface area (Å²) in [5, 5.41) is 54.1. The van der Waals surface area contributed by atoms with E-state index in [0.717, 1.165) is 11.0 Å². The Kier molecular flexibility index (Phi) is 10.7. The Balaban J connectivity index is 1.17. The molecule has 2 saturated heterocycles. The van der Waals surface area contributed by atoms with E-state index < -0.39 is 94.0 Å². The highest BCUT2D eigenvalue weighted by molar-refractivity contribution is 6.47. The van der Waals surface area contributed by atoms with Gasteiger partial charge in [0.1, 0.15) is 28.9 Å². The standard InChI is InChI=1S/C33H30BCl2F2N5O11/c35-19-3-2-16(44)12-17(19)30(48)41-7-5-15(6-8-41)42-9-10-43(33(42)52)32(51)40-25(18-13-21(38)26(45)27(46)24(18)36)29(47)39-22-11-14-1-4-20(37)23(31(49)50)28(14)54-34(22)53/h1-4,12-13,15,22,25,44-46,53H,5-11H2,(H,39,47)(H,40,51)(H,49,50). The Morgan fingerprint density at radius 2 is 1.65 bits per heavy atom. The number of piperidine rings is 1. The van der Waals surface area contributed by atoms with E-state index in [-0.39, 0.29) is 60.5 Å². The van der Waals surface area contributed by atoms with Crippen molar-refractivity contribution in [1.29, 1.82) is 0 Å². The minimum absolute atomic E-state index is 0.0828. The highest BCUT2D eigenvalue weighted by atomic mass is 35.5. The molecule has 16 nitrogen and oxygen atoms in total. The molecule has 6 amide bonds. The van der Waals surface area contributed by atoms with Gasteiger partial charge in [-0.25, -0.2) is 28.1 Å². The van der Waals surface area contributed by atoms with Gasteiger partial charge in [0.25, 0.3) is 5.91 Å². The molecule has 0 bridgehead atoms. The molecule has 3 aliphatic heterocycles. The van der Waals surface area contributed by atoms with Gasteiger partial charge in [-0.05, 0) is 55.2 Å². The van der Waals surface area contributed by atoms with Crippen LogP contribution in [0.25, 0.3) is 0 Å². The molecule has 3 aromatic carbocycles. The summed E-state index contributed by atoms with van der Waals surface area (Å²) in [6, 6.07) is 2.39. The predicted octanol–water partition coefficient (Wildman–Crippen LogP) is 3.02. The Bertz CT molecular complexity index is 2070. The number of likely N-dealkylation sites (tertiary alicyclic amines) is 1. The number of carbonyl (C=O) groups excluding carboxylic acids is 4. The topological polar surface area (TPSA) is 230 Å². The monoisotopic (exact) mass is 791 g/mol. The van der Waals surface area contributed by atoms with E-state index in [4.69, 9.17) is 27.9 Å². The summed E-state index contributed by atoms with van der Waals surface area (Å²) in [5.41, 5.74) is -1.18. The third kappa shape index (κ3) is 7.21. The molecule has 2 atom stereocenters. The third-order valence-corrected chi connectivity index (χ3v) is 10.2. The van der Waals surface area contributed by atoms with Crippen LogP contribution in [0, 0.1) is 11.6 Å². The number of halogens is 4. The van der Waals surface area contributed by atoms with Crippen molar-refractivity contribution in [2.24, 2.45) is 0 Å². The largest absolute Gasteiger partial charge is 0.547 e. The molecule has 6 rings (SSSR count). The average Bonchev–Trinajstić information content (AvgIpc) is 3.53. The van der Waals surface area contributed by atoms with E-state index in [0.29, 0.717) is 18.9 Å². The number of amides is 6. The minimum atomic E-state index is -1.97. The maximum atomic E-state index is 14.7. The van der Waals surface area contributed by atoms with Crippen molar-refractivity contribution in [3.8, 4) is 23.0 Å². The number of carboxylic acid groups (broad SMARTS) is 1. The number of carbonyl (C=O) groups is 5. The Hall–Kier alpha value is -5.53. The molecule has 3 heterocycles. The van der Waals surface area contributed by atoms with Crippen LogP contribution in [-0.2, 0) is 11.2 Å². The predicted molar refractivity (Wildman–Crippen MR) is 184 cm³/mol. The third-order valence-electron chi connectivity index (χ3n) is 9.45. The molecule has 21 heteroatoms. The van der Waals surface area contributed by atoms with Gasteiger partial charge in [0.2, 0.25) is 5.91 Å². The lowest BCUT2D eigenvalue weighted by atomic mass is 9.72. The lowest BCUT2D eigenvalue weighted by molar-refractivity contribution is -0.123. The second kappa shape index (κ2) is 15.1. The average molecular weight is 792 g/mol. The smallest absolute Gasteiger partial charge is 0.534 e. The molecule has 7 N–H and O–H groups in total. The van der Waals surface area contributed by atoms with E-state index >= 15 is 0 Å². The quantitative estimate of drug-likeness (QED) is 0.136. The number of rotatable bonds is 7. The number of aromatic carboxylic acids is 1. The second-order valence-electron chi connectivity index (χ2n) is 12.7. The normalized spacial score (nSPS) is 17.9. The van der Waals surface area contributed by atoms with Crippen molar-refractivity contribution in [2.75, 3.05) is 26.2 Å². The summed E-state index contributed by atoms with van der Waals surface area (Å²) in [6.45, 7) is 0.402. The number of hydrogen-bond acceptors (Lipinski definition) is 10. The fraction of sp³-hybridized carbons (Fsp3) is 0.303. The van der Waals surface area contributed by atoms with Gasteiger partial charge < -0.3 is 50.5 Å². The van der Waals surface area contributed by atoms with Crippen LogP contribution in [0.3, 0.4) is 0 Å². The van der Waals surface area contributed by atoms with Gasteiger partial charge in [-0.2, -0.15) is 0 Å². The number of phenolic OH excluding ortho intramolecular Hbond substituents is 3. The maximum absolute atomic E-state index is 14.7. The molecule has 0 aliphatic carbocycles. The number of aromatic hydroxyl groups is 3. The number of phenols is 3. The summed E-state index contributed by atoms with van der Waals surface area (Å²) in [5.74, 6) is -10.1. The molecule has 0 spiro atoms. The van der Waals surface area contributed by atoms with Gasteiger partial charge in [0.15, 0.2) is 17.3 Å². The first-order chi connectivity index (χ1) is 25.6. The van der Waals surface area contributed by atoms with Crippen molar-refractivity contribution in [1.82, 2.24) is 25.3 Å². The summed E-state index contributed by atoms with van der Waals surface area (Å²) < 4.78 is 34.2. The van der Waals surface area contributed by atoms with Crippen molar-refractivity contribution < 1.29 is 62.9 Å². The zero-order chi connectivity index (χ0) is 39.2. The molecule has 2 unspecified atom stereocenters. The van der Waals surface area contributed by atoms with Gasteiger partial charge >= 0.3 is 25.1 Å². The molecule has 284 valence electrons. The van der Waals surface area contributed by atoms with Crippen molar-refractivity contribution in [2.45, 2.75) is 37.3 Å². The van der Waals surface area contributed by atoms with Crippen LogP contribution in [-0.4, -0.2) is 115 Å².